The molecule has 0 saturated carbocycles. The van der Waals surface area contributed by atoms with E-state index in [0.29, 0.717) is 13.0 Å². The highest BCUT2D eigenvalue weighted by molar-refractivity contribution is 5.83. The Hall–Kier alpha value is -1.10. The van der Waals surface area contributed by atoms with E-state index in [4.69, 9.17) is 0 Å². The first kappa shape index (κ1) is 13.0. The van der Waals surface area contributed by atoms with Crippen LogP contribution in [0, 0.1) is 0 Å². The summed E-state index contributed by atoms with van der Waals surface area (Å²) in [5.74, 6) is -0.00970. The second-order valence-electron chi connectivity index (χ2n) is 4.41. The van der Waals surface area contributed by atoms with Gasteiger partial charge in [-0.3, -0.25) is 9.59 Å². The van der Waals surface area contributed by atoms with Crippen molar-refractivity contribution in [3.8, 4) is 0 Å². The summed E-state index contributed by atoms with van der Waals surface area (Å²) in [4.78, 5) is 22.8. The quantitative estimate of drug-likeness (QED) is 0.607. The van der Waals surface area contributed by atoms with Gasteiger partial charge in [-0.1, -0.05) is 0 Å². The molecule has 1 saturated heterocycles. The van der Waals surface area contributed by atoms with Gasteiger partial charge in [0.15, 0.2) is 0 Å². The van der Waals surface area contributed by atoms with Gasteiger partial charge in [-0.05, 0) is 33.2 Å². The Morgan fingerprint density at radius 2 is 2.19 bits per heavy atom. The van der Waals surface area contributed by atoms with Crippen molar-refractivity contribution in [1.82, 2.24) is 16.0 Å². The van der Waals surface area contributed by atoms with E-state index in [1.54, 1.807) is 0 Å². The molecular formula is C11H21N3O2. The summed E-state index contributed by atoms with van der Waals surface area (Å²) >= 11 is 0. The maximum Gasteiger partial charge on any atom is 0.237 e. The highest BCUT2D eigenvalue weighted by atomic mass is 16.2. The Balaban J connectivity index is 2.10. The molecule has 1 aliphatic heterocycles. The van der Waals surface area contributed by atoms with Gasteiger partial charge in [-0.2, -0.15) is 0 Å². The van der Waals surface area contributed by atoms with Crippen molar-refractivity contribution in [2.75, 3.05) is 13.1 Å². The van der Waals surface area contributed by atoms with Gasteiger partial charge in [-0.15, -0.1) is 0 Å². The first-order valence-corrected chi connectivity index (χ1v) is 5.90. The van der Waals surface area contributed by atoms with Crippen LogP contribution in [-0.4, -0.2) is 37.0 Å². The van der Waals surface area contributed by atoms with Crippen LogP contribution in [0.1, 0.15) is 33.1 Å². The van der Waals surface area contributed by atoms with E-state index in [-0.39, 0.29) is 23.9 Å². The molecule has 1 aliphatic rings. The number of hydrogen-bond acceptors (Lipinski definition) is 3. The second-order valence-corrected chi connectivity index (χ2v) is 4.41. The number of rotatable bonds is 5. The number of carbonyl (C=O) groups is 2. The van der Waals surface area contributed by atoms with Crippen LogP contribution >= 0.6 is 0 Å². The highest BCUT2D eigenvalue weighted by Crippen LogP contribution is 2.04. The third-order valence-electron chi connectivity index (χ3n) is 2.48. The molecule has 1 rings (SSSR count). The third kappa shape index (κ3) is 4.61. The van der Waals surface area contributed by atoms with Crippen LogP contribution in [0.25, 0.3) is 0 Å². The molecule has 2 amide bonds. The number of carbonyl (C=O) groups excluding carboxylic acids is 2. The van der Waals surface area contributed by atoms with Crippen LogP contribution in [0.2, 0.25) is 0 Å². The van der Waals surface area contributed by atoms with E-state index in [1.165, 1.54) is 0 Å². The molecule has 0 bridgehead atoms. The highest BCUT2D eigenvalue weighted by Gasteiger charge is 2.21. The Morgan fingerprint density at radius 1 is 1.44 bits per heavy atom. The molecule has 1 fully saturated rings. The molecule has 0 aromatic heterocycles. The van der Waals surface area contributed by atoms with Gasteiger partial charge in [0, 0.05) is 19.0 Å². The van der Waals surface area contributed by atoms with Gasteiger partial charge in [-0.25, -0.2) is 0 Å². The second kappa shape index (κ2) is 6.48. The van der Waals surface area contributed by atoms with Crippen molar-refractivity contribution in [2.45, 2.75) is 45.2 Å². The van der Waals surface area contributed by atoms with E-state index < -0.39 is 0 Å². The minimum absolute atomic E-state index is 0.00912. The summed E-state index contributed by atoms with van der Waals surface area (Å²) in [5.41, 5.74) is 0. The molecule has 3 N–H and O–H groups in total. The lowest BCUT2D eigenvalue weighted by Gasteiger charge is -2.11. The van der Waals surface area contributed by atoms with Gasteiger partial charge in [0.25, 0.3) is 0 Å². The van der Waals surface area contributed by atoms with Crippen molar-refractivity contribution in [3.63, 3.8) is 0 Å². The molecule has 5 heteroatoms. The summed E-state index contributed by atoms with van der Waals surface area (Å²) in [6.45, 7) is 5.15. The zero-order valence-corrected chi connectivity index (χ0v) is 10.0. The molecule has 0 aliphatic carbocycles. The fraction of sp³-hybridized carbons (Fsp3) is 0.818. The van der Waals surface area contributed by atoms with Crippen molar-refractivity contribution in [2.24, 2.45) is 0 Å². The molecule has 0 spiro atoms. The lowest BCUT2D eigenvalue weighted by Crippen LogP contribution is -2.42. The Kier molecular flexibility index (Phi) is 5.25. The summed E-state index contributed by atoms with van der Waals surface area (Å²) in [6.07, 6.45) is 2.28. The van der Waals surface area contributed by atoms with Crippen LogP contribution in [0.4, 0.5) is 0 Å². The van der Waals surface area contributed by atoms with Crippen molar-refractivity contribution in [3.05, 3.63) is 0 Å². The third-order valence-corrected chi connectivity index (χ3v) is 2.48. The normalized spacial score (nSPS) is 19.8. The van der Waals surface area contributed by atoms with Crippen LogP contribution in [0.15, 0.2) is 0 Å². The lowest BCUT2D eigenvalue weighted by molar-refractivity contribution is -0.123. The summed E-state index contributed by atoms with van der Waals surface area (Å²) in [6, 6.07) is 0.0906. The Bertz CT molecular complexity index is 248. The molecule has 0 aromatic rings. The van der Waals surface area contributed by atoms with E-state index in [9.17, 15) is 9.59 Å². The molecule has 1 heterocycles. The van der Waals surface area contributed by atoms with E-state index >= 15 is 0 Å². The van der Waals surface area contributed by atoms with Crippen LogP contribution in [-0.2, 0) is 9.59 Å². The van der Waals surface area contributed by atoms with E-state index in [2.05, 4.69) is 16.0 Å². The number of hydrogen-bond donors (Lipinski definition) is 3. The lowest BCUT2D eigenvalue weighted by atomic mass is 10.2. The predicted molar refractivity (Wildman–Crippen MR) is 61.9 cm³/mol. The Labute approximate surface area is 96.4 Å². The minimum Gasteiger partial charge on any atom is -0.354 e. The van der Waals surface area contributed by atoms with Crippen LogP contribution in [0.3, 0.4) is 0 Å². The molecular weight excluding hydrogens is 206 g/mol. The zero-order valence-electron chi connectivity index (χ0n) is 10.0. The topological polar surface area (TPSA) is 70.2 Å². The Morgan fingerprint density at radius 3 is 2.75 bits per heavy atom. The van der Waals surface area contributed by atoms with Crippen molar-refractivity contribution in [1.29, 1.82) is 0 Å². The summed E-state index contributed by atoms with van der Waals surface area (Å²) in [5, 5.41) is 8.66. The molecule has 0 aromatic carbocycles. The molecule has 5 nitrogen and oxygen atoms in total. The van der Waals surface area contributed by atoms with Crippen LogP contribution in [0.5, 0.6) is 0 Å². The maximum absolute atomic E-state index is 11.5. The van der Waals surface area contributed by atoms with Gasteiger partial charge >= 0.3 is 0 Å². The van der Waals surface area contributed by atoms with Gasteiger partial charge in [0.05, 0.1) is 6.04 Å². The smallest absolute Gasteiger partial charge is 0.237 e. The number of nitrogens with one attached hydrogen (secondary N) is 3. The van der Waals surface area contributed by atoms with Gasteiger partial charge in [0.1, 0.15) is 0 Å². The monoisotopic (exact) mass is 227 g/mol. The first-order chi connectivity index (χ1) is 7.59. The standard InChI is InChI=1S/C11H21N3O2/c1-8(2)14-10(15)5-7-13-11(16)9-4-3-6-12-9/h8-9,12H,3-7H2,1-2H3,(H,13,16)(H,14,15). The van der Waals surface area contributed by atoms with Gasteiger partial charge in [0.2, 0.25) is 11.8 Å². The van der Waals surface area contributed by atoms with E-state index in [0.717, 1.165) is 19.4 Å². The fourth-order valence-electron chi connectivity index (χ4n) is 1.72. The molecule has 1 unspecified atom stereocenters. The van der Waals surface area contributed by atoms with Crippen LogP contribution < -0.4 is 16.0 Å². The number of amides is 2. The SMILES string of the molecule is CC(C)NC(=O)CCNC(=O)C1CCCN1. The van der Waals surface area contributed by atoms with Gasteiger partial charge < -0.3 is 16.0 Å². The van der Waals surface area contributed by atoms with E-state index in [1.807, 2.05) is 13.8 Å². The molecule has 92 valence electrons. The van der Waals surface area contributed by atoms with Crippen molar-refractivity contribution >= 4 is 11.8 Å². The van der Waals surface area contributed by atoms with Crippen molar-refractivity contribution < 1.29 is 9.59 Å². The summed E-state index contributed by atoms with van der Waals surface area (Å²) < 4.78 is 0. The first-order valence-electron chi connectivity index (χ1n) is 5.90. The predicted octanol–water partition coefficient (Wildman–Crippen LogP) is -0.231. The summed E-state index contributed by atoms with van der Waals surface area (Å²) in [7, 11) is 0. The molecule has 0 radical (unpaired) electrons. The maximum atomic E-state index is 11.5. The average molecular weight is 227 g/mol. The largest absolute Gasteiger partial charge is 0.354 e. The minimum atomic E-state index is -0.0619. The average Bonchev–Trinajstić information content (AvgIpc) is 2.68. The zero-order chi connectivity index (χ0) is 12.0. The molecule has 1 atom stereocenters. The molecule has 16 heavy (non-hydrogen) atoms. The fourth-order valence-corrected chi connectivity index (χ4v) is 1.72.